The molecule has 1 saturated carbocycles. The van der Waals surface area contributed by atoms with Gasteiger partial charge in [-0.1, -0.05) is 44.4 Å². The number of hydrogen-bond acceptors (Lipinski definition) is 6. The number of nitrogens with one attached hydrogen (secondary N) is 1. The Morgan fingerprint density at radius 1 is 1.11 bits per heavy atom. The molecule has 2 heterocycles. The standard InChI is InChI=1S/C28H30FN7O2/c1-2-25(28(38)31-22-9-4-3-5-10-22)36(23-16-20-8-6-7-11-24(20)30-17-23)26(37)18-35-33-27(32-34-35)19-12-14-21(29)15-13-19/h6-8,11-17,22,25H,2-5,9-10,18H2,1H3,(H,31,38). The largest absolute Gasteiger partial charge is 0.352 e. The highest BCUT2D eigenvalue weighted by atomic mass is 19.1. The molecule has 1 unspecified atom stereocenters. The molecule has 1 fully saturated rings. The first-order chi connectivity index (χ1) is 18.5. The highest BCUT2D eigenvalue weighted by molar-refractivity contribution is 6.01. The van der Waals surface area contributed by atoms with Crippen molar-refractivity contribution in [3.05, 3.63) is 66.6 Å². The van der Waals surface area contributed by atoms with Crippen LogP contribution in [0.15, 0.2) is 60.8 Å². The lowest BCUT2D eigenvalue weighted by atomic mass is 9.95. The minimum absolute atomic E-state index is 0.118. The molecule has 2 aromatic heterocycles. The van der Waals surface area contributed by atoms with E-state index < -0.39 is 6.04 Å². The van der Waals surface area contributed by atoms with Crippen molar-refractivity contribution >= 4 is 28.4 Å². The van der Waals surface area contributed by atoms with Crippen LogP contribution in [-0.2, 0) is 16.1 Å². The summed E-state index contributed by atoms with van der Waals surface area (Å²) >= 11 is 0. The predicted octanol–water partition coefficient (Wildman–Crippen LogP) is 4.29. The van der Waals surface area contributed by atoms with E-state index in [0.29, 0.717) is 17.7 Å². The van der Waals surface area contributed by atoms with Gasteiger partial charge in [0.05, 0.1) is 17.4 Å². The molecule has 196 valence electrons. The third kappa shape index (κ3) is 5.69. The summed E-state index contributed by atoms with van der Waals surface area (Å²) in [5.74, 6) is -0.637. The van der Waals surface area contributed by atoms with Crippen molar-refractivity contribution in [2.24, 2.45) is 0 Å². The third-order valence-corrected chi connectivity index (χ3v) is 6.91. The summed E-state index contributed by atoms with van der Waals surface area (Å²) in [4.78, 5) is 34.5. The van der Waals surface area contributed by atoms with E-state index >= 15 is 0 Å². The van der Waals surface area contributed by atoms with Crippen molar-refractivity contribution < 1.29 is 14.0 Å². The second-order valence-corrected chi connectivity index (χ2v) is 9.57. The van der Waals surface area contributed by atoms with Crippen LogP contribution in [0.1, 0.15) is 45.4 Å². The normalized spacial score (nSPS) is 14.8. The van der Waals surface area contributed by atoms with Crippen molar-refractivity contribution in [3.63, 3.8) is 0 Å². The van der Waals surface area contributed by atoms with E-state index in [-0.39, 0.29) is 36.0 Å². The van der Waals surface area contributed by atoms with Gasteiger partial charge in [-0.05, 0) is 60.9 Å². The number of aromatic nitrogens is 5. The Morgan fingerprint density at radius 3 is 2.63 bits per heavy atom. The smallest absolute Gasteiger partial charge is 0.251 e. The number of carbonyl (C=O) groups is 2. The number of carbonyl (C=O) groups excluding carboxylic acids is 2. The van der Waals surface area contributed by atoms with Crippen LogP contribution in [0, 0.1) is 5.82 Å². The van der Waals surface area contributed by atoms with Crippen LogP contribution in [0.4, 0.5) is 10.1 Å². The Labute approximate surface area is 220 Å². The Balaban J connectivity index is 1.43. The molecule has 38 heavy (non-hydrogen) atoms. The number of fused-ring (bicyclic) bond motifs is 1. The van der Waals surface area contributed by atoms with E-state index in [9.17, 15) is 14.0 Å². The number of amides is 2. The summed E-state index contributed by atoms with van der Waals surface area (Å²) in [6, 6.07) is 14.6. The first-order valence-corrected chi connectivity index (χ1v) is 13.0. The van der Waals surface area contributed by atoms with Gasteiger partial charge in [0.2, 0.25) is 11.7 Å². The van der Waals surface area contributed by atoms with Gasteiger partial charge < -0.3 is 5.32 Å². The Kier molecular flexibility index (Phi) is 7.67. The first kappa shape index (κ1) is 25.4. The van der Waals surface area contributed by atoms with Crippen LogP contribution in [0.5, 0.6) is 0 Å². The number of tetrazole rings is 1. The number of pyridine rings is 1. The number of halogens is 1. The summed E-state index contributed by atoms with van der Waals surface area (Å²) in [5.41, 5.74) is 1.91. The van der Waals surface area contributed by atoms with Gasteiger partial charge in [-0.2, -0.15) is 4.80 Å². The summed E-state index contributed by atoms with van der Waals surface area (Å²) in [5, 5.41) is 16.4. The molecular formula is C28H30FN7O2. The highest BCUT2D eigenvalue weighted by Crippen LogP contribution is 2.25. The van der Waals surface area contributed by atoms with Gasteiger partial charge in [-0.15, -0.1) is 10.2 Å². The molecule has 1 aliphatic rings. The van der Waals surface area contributed by atoms with Crippen molar-refractivity contribution in [3.8, 4) is 11.4 Å². The minimum atomic E-state index is -0.729. The molecular weight excluding hydrogens is 485 g/mol. The first-order valence-electron chi connectivity index (χ1n) is 13.0. The number of hydrogen-bond donors (Lipinski definition) is 1. The second kappa shape index (κ2) is 11.5. The maximum Gasteiger partial charge on any atom is 0.251 e. The average molecular weight is 516 g/mol. The fourth-order valence-corrected chi connectivity index (χ4v) is 4.94. The van der Waals surface area contributed by atoms with Crippen LogP contribution < -0.4 is 10.2 Å². The Morgan fingerprint density at radius 2 is 1.87 bits per heavy atom. The molecule has 1 N–H and O–H groups in total. The Hall–Kier alpha value is -4.21. The van der Waals surface area contributed by atoms with Crippen LogP contribution in [0.25, 0.3) is 22.3 Å². The maximum absolute atomic E-state index is 13.8. The molecule has 10 heteroatoms. The van der Waals surface area contributed by atoms with E-state index in [1.54, 1.807) is 18.3 Å². The van der Waals surface area contributed by atoms with Gasteiger partial charge in [0.15, 0.2) is 0 Å². The van der Waals surface area contributed by atoms with Crippen LogP contribution in [0.2, 0.25) is 0 Å². The molecule has 2 aromatic carbocycles. The lowest BCUT2D eigenvalue weighted by molar-refractivity contribution is -0.127. The van der Waals surface area contributed by atoms with Crippen LogP contribution in [0.3, 0.4) is 0 Å². The van der Waals surface area contributed by atoms with E-state index in [1.807, 2.05) is 37.3 Å². The number of rotatable bonds is 8. The van der Waals surface area contributed by atoms with E-state index in [0.717, 1.165) is 36.6 Å². The molecule has 1 atom stereocenters. The lowest BCUT2D eigenvalue weighted by Gasteiger charge is -2.32. The monoisotopic (exact) mass is 515 g/mol. The fraction of sp³-hybridized carbons (Fsp3) is 0.357. The predicted molar refractivity (Wildman–Crippen MR) is 142 cm³/mol. The molecule has 2 amide bonds. The van der Waals surface area contributed by atoms with Gasteiger partial charge in [-0.3, -0.25) is 19.5 Å². The summed E-state index contributed by atoms with van der Waals surface area (Å²) in [6.45, 7) is 1.66. The topological polar surface area (TPSA) is 106 Å². The van der Waals surface area contributed by atoms with Gasteiger partial charge in [0.25, 0.3) is 5.91 Å². The quantitative estimate of drug-likeness (QED) is 0.375. The number of benzene rings is 2. The summed E-state index contributed by atoms with van der Waals surface area (Å²) in [6.07, 6.45) is 7.30. The van der Waals surface area contributed by atoms with Gasteiger partial charge in [0.1, 0.15) is 18.4 Å². The third-order valence-electron chi connectivity index (χ3n) is 6.91. The summed E-state index contributed by atoms with van der Waals surface area (Å²) < 4.78 is 13.3. The minimum Gasteiger partial charge on any atom is -0.352 e. The van der Waals surface area contributed by atoms with Crippen molar-refractivity contribution in [2.45, 2.75) is 64.1 Å². The molecule has 0 saturated heterocycles. The lowest BCUT2D eigenvalue weighted by Crippen LogP contribution is -2.53. The van der Waals surface area contributed by atoms with Crippen molar-refractivity contribution in [1.82, 2.24) is 30.5 Å². The SMILES string of the molecule is CCC(C(=O)NC1CCCCC1)N(C(=O)Cn1nnc(-c2ccc(F)cc2)n1)c1cnc2ccccc2c1. The van der Waals surface area contributed by atoms with Gasteiger partial charge in [-0.25, -0.2) is 4.39 Å². The zero-order chi connectivity index (χ0) is 26.5. The van der Waals surface area contributed by atoms with Crippen molar-refractivity contribution in [2.75, 3.05) is 4.90 Å². The molecule has 0 radical (unpaired) electrons. The Bertz CT molecular complexity index is 1420. The zero-order valence-electron chi connectivity index (χ0n) is 21.3. The van der Waals surface area contributed by atoms with E-state index in [1.165, 1.54) is 28.2 Å². The molecule has 9 nitrogen and oxygen atoms in total. The van der Waals surface area contributed by atoms with Crippen LogP contribution in [-0.4, -0.2) is 49.1 Å². The number of anilines is 1. The molecule has 4 aromatic rings. The summed E-state index contributed by atoms with van der Waals surface area (Å²) in [7, 11) is 0. The number of nitrogens with zero attached hydrogens (tertiary/aromatic N) is 6. The molecule has 5 rings (SSSR count). The zero-order valence-corrected chi connectivity index (χ0v) is 21.3. The second-order valence-electron chi connectivity index (χ2n) is 9.57. The van der Waals surface area contributed by atoms with Crippen molar-refractivity contribution in [1.29, 1.82) is 0 Å². The van der Waals surface area contributed by atoms with Gasteiger partial charge in [0, 0.05) is 17.0 Å². The fourth-order valence-electron chi connectivity index (χ4n) is 4.94. The maximum atomic E-state index is 13.8. The molecule has 0 bridgehead atoms. The van der Waals surface area contributed by atoms with Crippen LogP contribution >= 0.6 is 0 Å². The molecule has 0 spiro atoms. The van der Waals surface area contributed by atoms with E-state index in [4.69, 9.17) is 0 Å². The molecule has 1 aliphatic carbocycles. The highest BCUT2D eigenvalue weighted by Gasteiger charge is 2.32. The average Bonchev–Trinajstić information content (AvgIpc) is 3.40. The molecule has 0 aliphatic heterocycles. The number of para-hydroxylation sites is 1. The van der Waals surface area contributed by atoms with Gasteiger partial charge >= 0.3 is 0 Å². The van der Waals surface area contributed by atoms with E-state index in [2.05, 4.69) is 25.7 Å².